The van der Waals surface area contributed by atoms with Gasteiger partial charge in [-0.15, -0.1) is 10.2 Å². The van der Waals surface area contributed by atoms with Gasteiger partial charge >= 0.3 is 0 Å². The number of hydrogen-bond donors (Lipinski definition) is 1. The predicted octanol–water partition coefficient (Wildman–Crippen LogP) is 3.56. The number of aromatic nitrogens is 3. The van der Waals surface area contributed by atoms with E-state index in [0.29, 0.717) is 17.0 Å². The van der Waals surface area contributed by atoms with E-state index in [9.17, 15) is 4.79 Å². The molecule has 0 saturated carbocycles. The zero-order valence-corrected chi connectivity index (χ0v) is 16.0. The molecule has 2 heterocycles. The van der Waals surface area contributed by atoms with Crippen molar-refractivity contribution in [3.8, 4) is 23.2 Å². The summed E-state index contributed by atoms with van der Waals surface area (Å²) >= 11 is 0. The maximum absolute atomic E-state index is 12.2. The van der Waals surface area contributed by atoms with Crippen molar-refractivity contribution in [3.63, 3.8) is 0 Å². The van der Waals surface area contributed by atoms with Crippen LogP contribution >= 0.6 is 0 Å². The van der Waals surface area contributed by atoms with Gasteiger partial charge in [-0.2, -0.15) is 5.26 Å². The second-order valence-corrected chi connectivity index (χ2v) is 6.96. The second-order valence-electron chi connectivity index (χ2n) is 6.96. The van der Waals surface area contributed by atoms with Gasteiger partial charge in [0.25, 0.3) is 5.91 Å². The van der Waals surface area contributed by atoms with Crippen LogP contribution in [0.25, 0.3) is 11.4 Å². The van der Waals surface area contributed by atoms with Crippen LogP contribution in [0.5, 0.6) is 5.75 Å². The van der Waals surface area contributed by atoms with Crippen LogP contribution in [-0.4, -0.2) is 27.3 Å². The molecule has 0 saturated heterocycles. The summed E-state index contributed by atoms with van der Waals surface area (Å²) < 4.78 is 7.85. The van der Waals surface area contributed by atoms with Crippen LogP contribution in [0.15, 0.2) is 48.5 Å². The summed E-state index contributed by atoms with van der Waals surface area (Å²) in [4.78, 5) is 12.2. The highest BCUT2D eigenvalue weighted by Gasteiger charge is 2.16. The third kappa shape index (κ3) is 4.43. The molecule has 2 aromatic carbocycles. The monoisotopic (exact) mass is 387 g/mol. The average Bonchev–Trinajstić information content (AvgIpc) is 3.01. The fourth-order valence-corrected chi connectivity index (χ4v) is 3.44. The van der Waals surface area contributed by atoms with E-state index in [-0.39, 0.29) is 12.5 Å². The number of nitrogens with zero attached hydrogens (tertiary/aromatic N) is 4. The van der Waals surface area contributed by atoms with Crippen LogP contribution in [0.3, 0.4) is 0 Å². The van der Waals surface area contributed by atoms with Crippen molar-refractivity contribution in [2.45, 2.75) is 32.2 Å². The topological polar surface area (TPSA) is 92.8 Å². The van der Waals surface area contributed by atoms with Gasteiger partial charge in [0.15, 0.2) is 12.4 Å². The quantitative estimate of drug-likeness (QED) is 0.722. The number of nitriles is 1. The molecule has 0 bridgehead atoms. The number of fused-ring (bicyclic) bond motifs is 1. The highest BCUT2D eigenvalue weighted by atomic mass is 16.5. The summed E-state index contributed by atoms with van der Waals surface area (Å²) in [6, 6.07) is 16.4. The van der Waals surface area contributed by atoms with Gasteiger partial charge in [-0.3, -0.25) is 4.79 Å². The Balaban J connectivity index is 1.42. The molecular weight excluding hydrogens is 366 g/mol. The molecule has 146 valence electrons. The largest absolute Gasteiger partial charge is 0.484 e. The number of carbonyl (C=O) groups excluding carboxylic acids is 1. The van der Waals surface area contributed by atoms with Gasteiger partial charge in [0, 0.05) is 24.2 Å². The van der Waals surface area contributed by atoms with Gasteiger partial charge in [0.1, 0.15) is 11.6 Å². The summed E-state index contributed by atoms with van der Waals surface area (Å²) in [6.45, 7) is 0.797. The highest BCUT2D eigenvalue weighted by molar-refractivity contribution is 5.92. The average molecular weight is 387 g/mol. The Hall–Kier alpha value is -3.66. The number of anilines is 1. The van der Waals surface area contributed by atoms with Gasteiger partial charge in [-0.25, -0.2) is 0 Å². The van der Waals surface area contributed by atoms with Gasteiger partial charge in [-0.05, 0) is 43.2 Å². The molecule has 1 N–H and O–H groups in total. The van der Waals surface area contributed by atoms with Crippen LogP contribution in [-0.2, 0) is 17.8 Å². The number of nitrogens with one attached hydrogen (secondary N) is 1. The van der Waals surface area contributed by atoms with Crippen LogP contribution in [0.4, 0.5) is 5.69 Å². The zero-order chi connectivity index (χ0) is 20.1. The van der Waals surface area contributed by atoms with Gasteiger partial charge < -0.3 is 14.6 Å². The first kappa shape index (κ1) is 18.7. The summed E-state index contributed by atoms with van der Waals surface area (Å²) in [5, 5.41) is 20.4. The summed E-state index contributed by atoms with van der Waals surface area (Å²) in [5.74, 6) is 2.17. The normalized spacial score (nSPS) is 13.1. The Labute approximate surface area is 169 Å². The minimum Gasteiger partial charge on any atom is -0.484 e. The molecule has 1 aliphatic rings. The summed E-state index contributed by atoms with van der Waals surface area (Å²) in [6.07, 6.45) is 4.43. The molecule has 3 aromatic rings. The number of carbonyl (C=O) groups is 1. The third-order valence-electron chi connectivity index (χ3n) is 4.85. The number of benzene rings is 2. The van der Waals surface area contributed by atoms with Gasteiger partial charge in [-0.1, -0.05) is 24.6 Å². The molecule has 0 atom stereocenters. The molecule has 1 aliphatic heterocycles. The van der Waals surface area contributed by atoms with E-state index in [1.807, 2.05) is 30.3 Å². The van der Waals surface area contributed by atoms with Crippen molar-refractivity contribution in [2.75, 3.05) is 11.9 Å². The lowest BCUT2D eigenvalue weighted by Crippen LogP contribution is -2.20. The number of hydrogen-bond acceptors (Lipinski definition) is 5. The van der Waals surface area contributed by atoms with Crippen molar-refractivity contribution in [1.29, 1.82) is 5.26 Å². The van der Waals surface area contributed by atoms with Crippen LogP contribution in [0.2, 0.25) is 0 Å². The summed E-state index contributed by atoms with van der Waals surface area (Å²) in [7, 11) is 0. The molecule has 7 nitrogen and oxygen atoms in total. The van der Waals surface area contributed by atoms with Crippen molar-refractivity contribution in [3.05, 3.63) is 59.9 Å². The lowest BCUT2D eigenvalue weighted by molar-refractivity contribution is -0.118. The number of aryl methyl sites for hydroxylation is 1. The van der Waals surface area contributed by atoms with E-state index in [1.54, 1.807) is 24.3 Å². The van der Waals surface area contributed by atoms with E-state index in [2.05, 4.69) is 20.1 Å². The molecule has 0 radical (unpaired) electrons. The fourth-order valence-electron chi connectivity index (χ4n) is 3.44. The van der Waals surface area contributed by atoms with Crippen molar-refractivity contribution in [1.82, 2.24) is 14.8 Å². The number of amides is 1. The van der Waals surface area contributed by atoms with Gasteiger partial charge in [0.05, 0.1) is 11.6 Å². The molecule has 1 amide bonds. The van der Waals surface area contributed by atoms with Gasteiger partial charge in [0.2, 0.25) is 0 Å². The molecule has 0 fully saturated rings. The van der Waals surface area contributed by atoms with Crippen LogP contribution in [0.1, 0.15) is 30.7 Å². The molecular formula is C22H21N5O2. The first-order valence-corrected chi connectivity index (χ1v) is 9.68. The van der Waals surface area contributed by atoms with Crippen molar-refractivity contribution >= 4 is 11.6 Å². The lowest BCUT2D eigenvalue weighted by Gasteiger charge is -2.10. The minimum absolute atomic E-state index is 0.127. The number of rotatable bonds is 5. The molecule has 0 spiro atoms. The molecule has 0 aliphatic carbocycles. The smallest absolute Gasteiger partial charge is 0.262 e. The van der Waals surface area contributed by atoms with E-state index in [4.69, 9.17) is 10.00 Å². The SMILES string of the molecule is N#Cc1cccc(NC(=O)COc2cccc(-c3nnc4n3CCCCC4)c2)c1. The summed E-state index contributed by atoms with van der Waals surface area (Å²) in [5.41, 5.74) is 1.98. The molecule has 0 unspecified atom stereocenters. The Morgan fingerprint density at radius 2 is 2.03 bits per heavy atom. The minimum atomic E-state index is -0.290. The molecule has 7 heteroatoms. The zero-order valence-electron chi connectivity index (χ0n) is 16.0. The Bertz CT molecular complexity index is 1070. The van der Waals surface area contributed by atoms with E-state index in [1.165, 1.54) is 6.42 Å². The Morgan fingerprint density at radius 3 is 2.93 bits per heavy atom. The van der Waals surface area contributed by atoms with Crippen LogP contribution in [0, 0.1) is 11.3 Å². The van der Waals surface area contributed by atoms with Crippen LogP contribution < -0.4 is 10.1 Å². The molecule has 4 rings (SSSR count). The predicted molar refractivity (Wildman–Crippen MR) is 108 cm³/mol. The first-order chi connectivity index (χ1) is 14.2. The fraction of sp³-hybridized carbons (Fsp3) is 0.273. The Morgan fingerprint density at radius 1 is 1.14 bits per heavy atom. The maximum Gasteiger partial charge on any atom is 0.262 e. The lowest BCUT2D eigenvalue weighted by atomic mass is 10.2. The highest BCUT2D eigenvalue weighted by Crippen LogP contribution is 2.25. The first-order valence-electron chi connectivity index (χ1n) is 9.68. The second kappa shape index (κ2) is 8.57. The maximum atomic E-state index is 12.2. The molecule has 1 aromatic heterocycles. The van der Waals surface area contributed by atoms with Crippen molar-refractivity contribution in [2.24, 2.45) is 0 Å². The van der Waals surface area contributed by atoms with Crippen molar-refractivity contribution < 1.29 is 9.53 Å². The van der Waals surface area contributed by atoms with E-state index in [0.717, 1.165) is 43.0 Å². The third-order valence-corrected chi connectivity index (χ3v) is 4.85. The Kier molecular flexibility index (Phi) is 5.52. The van der Waals surface area contributed by atoms with E-state index < -0.39 is 0 Å². The van der Waals surface area contributed by atoms with E-state index >= 15 is 0 Å². The number of ether oxygens (including phenoxy) is 1. The standard InChI is InChI=1S/C22H21N5O2/c23-14-16-6-4-8-18(12-16)24-21(28)15-29-19-9-5-7-17(13-19)22-26-25-20-10-2-1-3-11-27(20)22/h4-9,12-13H,1-3,10-11,15H2,(H,24,28). The molecule has 29 heavy (non-hydrogen) atoms.